The molecule has 0 aliphatic heterocycles. The first-order chi connectivity index (χ1) is 25.3. The van der Waals surface area contributed by atoms with Gasteiger partial charge >= 0.3 is 0 Å². The van der Waals surface area contributed by atoms with E-state index in [0.717, 1.165) is 55.8 Å². The van der Waals surface area contributed by atoms with E-state index in [0.29, 0.717) is 0 Å². The van der Waals surface area contributed by atoms with Crippen LogP contribution in [0.4, 0.5) is 17.1 Å². The Bertz CT molecular complexity index is 2790. The predicted octanol–water partition coefficient (Wildman–Crippen LogP) is 13.5. The molecule has 2 heterocycles. The SMILES string of the molecule is c1ccc(-c2ccc(N(c3ccccc3)c3ccc4c(oc5ccccc54)c3-c3ccccc3-n3c4ccccc4c4ccccc43)cc2)cc1. The summed E-state index contributed by atoms with van der Waals surface area (Å²) in [6, 6.07) is 69.0. The van der Waals surface area contributed by atoms with Gasteiger partial charge in [0, 0.05) is 38.5 Å². The largest absolute Gasteiger partial charge is 0.455 e. The summed E-state index contributed by atoms with van der Waals surface area (Å²) >= 11 is 0. The fraction of sp³-hybridized carbons (Fsp3) is 0. The van der Waals surface area contributed by atoms with Crippen LogP contribution in [-0.2, 0) is 0 Å². The van der Waals surface area contributed by atoms with Crippen molar-refractivity contribution in [2.45, 2.75) is 0 Å². The van der Waals surface area contributed by atoms with Gasteiger partial charge in [0.15, 0.2) is 0 Å². The van der Waals surface area contributed by atoms with Crippen molar-refractivity contribution in [3.8, 4) is 27.9 Å². The lowest BCUT2D eigenvalue weighted by atomic mass is 9.96. The Hall–Kier alpha value is -6.84. The molecule has 0 N–H and O–H groups in total. The summed E-state index contributed by atoms with van der Waals surface area (Å²) in [5, 5.41) is 4.66. The van der Waals surface area contributed by atoms with Crippen LogP contribution >= 0.6 is 0 Å². The summed E-state index contributed by atoms with van der Waals surface area (Å²) in [5.74, 6) is 0. The fourth-order valence-corrected chi connectivity index (χ4v) is 7.73. The third-order valence-electron chi connectivity index (χ3n) is 10.0. The molecular weight excluding hydrogens is 621 g/mol. The highest BCUT2D eigenvalue weighted by atomic mass is 16.3. The molecule has 2 aromatic heterocycles. The van der Waals surface area contributed by atoms with Crippen LogP contribution in [0.15, 0.2) is 199 Å². The van der Waals surface area contributed by atoms with Crippen LogP contribution < -0.4 is 4.90 Å². The first kappa shape index (κ1) is 29.1. The monoisotopic (exact) mass is 652 g/mol. The van der Waals surface area contributed by atoms with Crippen LogP contribution in [0.1, 0.15) is 0 Å². The average molecular weight is 653 g/mol. The summed E-state index contributed by atoms with van der Waals surface area (Å²) in [4.78, 5) is 2.36. The Morgan fingerprint density at radius 2 is 0.941 bits per heavy atom. The quantitative estimate of drug-likeness (QED) is 0.178. The van der Waals surface area contributed by atoms with E-state index in [1.165, 1.54) is 32.9 Å². The normalized spacial score (nSPS) is 11.5. The lowest BCUT2D eigenvalue weighted by molar-refractivity contribution is 0.670. The molecule has 8 aromatic carbocycles. The lowest BCUT2D eigenvalue weighted by Gasteiger charge is -2.28. The first-order valence-corrected chi connectivity index (χ1v) is 17.4. The van der Waals surface area contributed by atoms with E-state index < -0.39 is 0 Å². The molecule has 0 atom stereocenters. The maximum Gasteiger partial charge on any atom is 0.145 e. The average Bonchev–Trinajstić information content (AvgIpc) is 3.75. The van der Waals surface area contributed by atoms with E-state index in [2.05, 4.69) is 198 Å². The second-order valence-electron chi connectivity index (χ2n) is 12.9. The summed E-state index contributed by atoms with van der Waals surface area (Å²) in [5.41, 5.74) is 12.8. The van der Waals surface area contributed by atoms with Gasteiger partial charge in [-0.25, -0.2) is 0 Å². The zero-order chi connectivity index (χ0) is 33.7. The van der Waals surface area contributed by atoms with E-state index in [-0.39, 0.29) is 0 Å². The molecule has 0 aliphatic rings. The van der Waals surface area contributed by atoms with Gasteiger partial charge in [-0.1, -0.05) is 133 Å². The van der Waals surface area contributed by atoms with Crippen molar-refractivity contribution in [2.75, 3.05) is 4.90 Å². The van der Waals surface area contributed by atoms with E-state index in [1.54, 1.807) is 0 Å². The highest BCUT2D eigenvalue weighted by Crippen LogP contribution is 2.48. The highest BCUT2D eigenvalue weighted by Gasteiger charge is 2.25. The van der Waals surface area contributed by atoms with Crippen molar-refractivity contribution in [3.05, 3.63) is 194 Å². The number of furan rings is 1. The molecular formula is C48H32N2O. The molecule has 0 fully saturated rings. The minimum Gasteiger partial charge on any atom is -0.455 e. The molecule has 0 unspecified atom stereocenters. The zero-order valence-electron chi connectivity index (χ0n) is 27.8. The van der Waals surface area contributed by atoms with Gasteiger partial charge < -0.3 is 13.9 Å². The van der Waals surface area contributed by atoms with Crippen molar-refractivity contribution in [1.29, 1.82) is 0 Å². The van der Waals surface area contributed by atoms with Crippen molar-refractivity contribution >= 4 is 60.8 Å². The minimum atomic E-state index is 0.865. The predicted molar refractivity (Wildman–Crippen MR) is 214 cm³/mol. The Labute approximate surface area is 295 Å². The summed E-state index contributed by atoms with van der Waals surface area (Å²) in [6.45, 7) is 0. The van der Waals surface area contributed by atoms with Crippen LogP contribution in [0.25, 0.3) is 71.7 Å². The molecule has 3 heteroatoms. The summed E-state index contributed by atoms with van der Waals surface area (Å²) in [6.07, 6.45) is 0. The van der Waals surface area contributed by atoms with Crippen molar-refractivity contribution in [3.63, 3.8) is 0 Å². The molecule has 0 radical (unpaired) electrons. The maximum absolute atomic E-state index is 6.89. The highest BCUT2D eigenvalue weighted by molar-refractivity contribution is 6.15. The van der Waals surface area contributed by atoms with Gasteiger partial charge in [-0.3, -0.25) is 0 Å². The molecule has 0 aliphatic carbocycles. The summed E-state index contributed by atoms with van der Waals surface area (Å²) < 4.78 is 9.30. The van der Waals surface area contributed by atoms with E-state index in [4.69, 9.17) is 4.42 Å². The molecule has 0 bridgehead atoms. The molecule has 51 heavy (non-hydrogen) atoms. The Kier molecular flexibility index (Phi) is 6.81. The maximum atomic E-state index is 6.89. The smallest absolute Gasteiger partial charge is 0.145 e. The van der Waals surface area contributed by atoms with Crippen LogP contribution in [0.3, 0.4) is 0 Å². The Morgan fingerprint density at radius 1 is 0.392 bits per heavy atom. The van der Waals surface area contributed by atoms with Crippen LogP contribution in [0.2, 0.25) is 0 Å². The number of aromatic nitrogens is 1. The van der Waals surface area contributed by atoms with E-state index in [1.807, 2.05) is 6.07 Å². The number of benzene rings is 8. The molecule has 10 aromatic rings. The van der Waals surface area contributed by atoms with Gasteiger partial charge in [-0.15, -0.1) is 0 Å². The van der Waals surface area contributed by atoms with Gasteiger partial charge in [0.1, 0.15) is 11.2 Å². The molecule has 240 valence electrons. The number of nitrogens with zero attached hydrogens (tertiary/aromatic N) is 2. The Morgan fingerprint density at radius 3 is 1.67 bits per heavy atom. The third kappa shape index (κ3) is 4.74. The third-order valence-corrected chi connectivity index (χ3v) is 10.0. The van der Waals surface area contributed by atoms with Crippen LogP contribution in [0.5, 0.6) is 0 Å². The molecule has 0 amide bonds. The number of anilines is 3. The van der Waals surface area contributed by atoms with Crippen LogP contribution in [-0.4, -0.2) is 4.57 Å². The zero-order valence-corrected chi connectivity index (χ0v) is 27.8. The topological polar surface area (TPSA) is 21.3 Å². The van der Waals surface area contributed by atoms with Crippen molar-refractivity contribution in [2.24, 2.45) is 0 Å². The number of hydrogen-bond acceptors (Lipinski definition) is 2. The number of para-hydroxylation sites is 5. The molecule has 0 saturated heterocycles. The molecule has 0 saturated carbocycles. The van der Waals surface area contributed by atoms with Gasteiger partial charge in [-0.2, -0.15) is 0 Å². The number of hydrogen-bond donors (Lipinski definition) is 0. The van der Waals surface area contributed by atoms with Gasteiger partial charge in [0.05, 0.1) is 28.0 Å². The lowest BCUT2D eigenvalue weighted by Crippen LogP contribution is -2.11. The summed E-state index contributed by atoms with van der Waals surface area (Å²) in [7, 11) is 0. The van der Waals surface area contributed by atoms with Crippen LogP contribution in [0, 0.1) is 0 Å². The second kappa shape index (κ2) is 11.9. The van der Waals surface area contributed by atoms with Gasteiger partial charge in [-0.05, 0) is 71.8 Å². The molecule has 0 spiro atoms. The second-order valence-corrected chi connectivity index (χ2v) is 12.9. The minimum absolute atomic E-state index is 0.865. The van der Waals surface area contributed by atoms with E-state index >= 15 is 0 Å². The van der Waals surface area contributed by atoms with Gasteiger partial charge in [0.2, 0.25) is 0 Å². The van der Waals surface area contributed by atoms with E-state index in [9.17, 15) is 0 Å². The Balaban J connectivity index is 1.29. The number of fused-ring (bicyclic) bond motifs is 6. The van der Waals surface area contributed by atoms with Gasteiger partial charge in [0.25, 0.3) is 0 Å². The molecule has 10 rings (SSSR count). The molecule has 3 nitrogen and oxygen atoms in total. The van der Waals surface area contributed by atoms with Crippen molar-refractivity contribution < 1.29 is 4.42 Å². The fourth-order valence-electron chi connectivity index (χ4n) is 7.73. The standard InChI is InChI=1S/C48H32N2O/c1-3-15-33(16-4-1)34-27-29-36(30-28-34)49(35-17-5-2-6-18-35)45-32-31-40-39-21-10-14-26-46(39)51-48(40)47(45)41-22-9-13-25-44(41)50-42-23-11-7-19-37(42)38-20-8-12-24-43(38)50/h1-32H. The number of rotatable bonds is 6. The first-order valence-electron chi connectivity index (χ1n) is 17.4. The van der Waals surface area contributed by atoms with Crippen molar-refractivity contribution in [1.82, 2.24) is 4.57 Å².